The minimum Gasteiger partial charge on any atom is -0.384 e. The topological polar surface area (TPSA) is 93.5 Å². The summed E-state index contributed by atoms with van der Waals surface area (Å²) < 4.78 is 5.46. The van der Waals surface area contributed by atoms with E-state index in [4.69, 9.17) is 4.74 Å². The molecule has 1 aromatic carbocycles. The van der Waals surface area contributed by atoms with Crippen molar-refractivity contribution in [2.45, 2.75) is 32.3 Å². The minimum atomic E-state index is -0.500. The summed E-state index contributed by atoms with van der Waals surface area (Å²) in [5, 5.41) is 16.8. The van der Waals surface area contributed by atoms with E-state index in [0.717, 1.165) is 25.9 Å². The molecule has 2 rings (SSSR count). The van der Waals surface area contributed by atoms with Crippen molar-refractivity contribution in [1.29, 1.82) is 0 Å². The van der Waals surface area contributed by atoms with Gasteiger partial charge in [0.05, 0.1) is 16.6 Å². The number of non-ortho nitro benzene ring substituents is 1. The molecule has 1 atom stereocenters. The summed E-state index contributed by atoms with van der Waals surface area (Å²) in [5.41, 5.74) is 0.808. The third-order valence-corrected chi connectivity index (χ3v) is 3.54. The second-order valence-electron chi connectivity index (χ2n) is 5.26. The van der Waals surface area contributed by atoms with Crippen molar-refractivity contribution in [2.75, 3.05) is 25.0 Å². The molecule has 0 saturated carbocycles. The predicted octanol–water partition coefficient (Wildman–Crippen LogP) is 2.33. The van der Waals surface area contributed by atoms with E-state index in [2.05, 4.69) is 10.6 Å². The molecule has 0 bridgehead atoms. The lowest BCUT2D eigenvalue weighted by Gasteiger charge is -2.14. The van der Waals surface area contributed by atoms with E-state index in [9.17, 15) is 14.9 Å². The molecule has 0 aromatic heterocycles. The first-order valence-electron chi connectivity index (χ1n) is 7.54. The number of amides is 1. The molecule has 22 heavy (non-hydrogen) atoms. The van der Waals surface area contributed by atoms with Crippen LogP contribution in [0.1, 0.15) is 36.5 Å². The maximum absolute atomic E-state index is 12.3. The number of carbonyl (C=O) groups excluding carboxylic acids is 1. The van der Waals surface area contributed by atoms with Crippen LogP contribution in [0.4, 0.5) is 11.4 Å². The largest absolute Gasteiger partial charge is 0.384 e. The van der Waals surface area contributed by atoms with Crippen LogP contribution >= 0.6 is 0 Å². The molecule has 0 spiro atoms. The molecule has 1 saturated heterocycles. The Morgan fingerprint density at radius 2 is 2.32 bits per heavy atom. The van der Waals surface area contributed by atoms with Crippen molar-refractivity contribution < 1.29 is 14.5 Å². The second kappa shape index (κ2) is 7.74. The molecule has 7 heteroatoms. The Balaban J connectivity index is 2.11. The number of ether oxygens (including phenoxy) is 1. The first kappa shape index (κ1) is 16.2. The zero-order valence-electron chi connectivity index (χ0n) is 12.6. The molecule has 1 heterocycles. The highest BCUT2D eigenvalue weighted by Gasteiger charge is 2.20. The van der Waals surface area contributed by atoms with Crippen molar-refractivity contribution in [3.05, 3.63) is 33.9 Å². The normalized spacial score (nSPS) is 17.2. The Hall–Kier alpha value is -2.15. The van der Waals surface area contributed by atoms with Crippen LogP contribution in [0.3, 0.4) is 0 Å². The monoisotopic (exact) mass is 307 g/mol. The highest BCUT2D eigenvalue weighted by atomic mass is 16.6. The Morgan fingerprint density at radius 3 is 2.95 bits per heavy atom. The molecule has 0 aliphatic carbocycles. The van der Waals surface area contributed by atoms with Gasteiger partial charge in [-0.25, -0.2) is 0 Å². The molecule has 1 amide bonds. The van der Waals surface area contributed by atoms with Crippen molar-refractivity contribution >= 4 is 17.3 Å². The van der Waals surface area contributed by atoms with Gasteiger partial charge in [0.2, 0.25) is 0 Å². The lowest BCUT2D eigenvalue weighted by atomic mass is 10.1. The van der Waals surface area contributed by atoms with Crippen molar-refractivity contribution in [2.24, 2.45) is 0 Å². The average molecular weight is 307 g/mol. The molecule has 1 unspecified atom stereocenters. The predicted molar refractivity (Wildman–Crippen MR) is 83.2 cm³/mol. The van der Waals surface area contributed by atoms with Gasteiger partial charge in [-0.1, -0.05) is 6.92 Å². The van der Waals surface area contributed by atoms with Crippen molar-refractivity contribution in [1.82, 2.24) is 5.32 Å². The fourth-order valence-corrected chi connectivity index (χ4v) is 2.35. The summed E-state index contributed by atoms with van der Waals surface area (Å²) in [6.07, 6.45) is 2.86. The first-order valence-corrected chi connectivity index (χ1v) is 7.54. The van der Waals surface area contributed by atoms with E-state index in [1.54, 1.807) is 6.07 Å². The van der Waals surface area contributed by atoms with E-state index in [1.165, 1.54) is 12.1 Å². The number of nitro benzene ring substituents is 1. The number of hydrogen-bond donors (Lipinski definition) is 2. The number of hydrogen-bond acceptors (Lipinski definition) is 5. The molecule has 1 aromatic rings. The number of nitro groups is 1. The number of nitrogens with zero attached hydrogens (tertiary/aromatic N) is 1. The van der Waals surface area contributed by atoms with E-state index in [-0.39, 0.29) is 17.7 Å². The fourth-order valence-electron chi connectivity index (χ4n) is 2.35. The highest BCUT2D eigenvalue weighted by Crippen LogP contribution is 2.22. The molecule has 1 aliphatic rings. The molecular weight excluding hydrogens is 286 g/mol. The van der Waals surface area contributed by atoms with Crippen LogP contribution in [0.2, 0.25) is 0 Å². The van der Waals surface area contributed by atoms with Gasteiger partial charge < -0.3 is 15.4 Å². The van der Waals surface area contributed by atoms with E-state index < -0.39 is 4.92 Å². The molecule has 120 valence electrons. The standard InChI is InChI=1S/C15H21N3O4/c1-2-7-16-14-6-5-11(18(20)21)9-13(14)15(19)17-10-12-4-3-8-22-12/h5-6,9,12,16H,2-4,7-8,10H2,1H3,(H,17,19). The SMILES string of the molecule is CCCNc1ccc([N+](=O)[O-])cc1C(=O)NCC1CCCO1. The summed E-state index contributed by atoms with van der Waals surface area (Å²) in [5.74, 6) is -0.321. The van der Waals surface area contributed by atoms with Gasteiger partial charge in [0.25, 0.3) is 11.6 Å². The number of nitrogens with one attached hydrogen (secondary N) is 2. The molecule has 7 nitrogen and oxygen atoms in total. The summed E-state index contributed by atoms with van der Waals surface area (Å²) in [7, 11) is 0. The maximum atomic E-state index is 12.3. The van der Waals surface area contributed by atoms with Crippen LogP contribution < -0.4 is 10.6 Å². The summed E-state index contributed by atoms with van der Waals surface area (Å²) in [6, 6.07) is 4.28. The average Bonchev–Trinajstić information content (AvgIpc) is 3.03. The van der Waals surface area contributed by atoms with Gasteiger partial charge in [-0.3, -0.25) is 14.9 Å². The molecule has 2 N–H and O–H groups in total. The molecular formula is C15H21N3O4. The smallest absolute Gasteiger partial charge is 0.270 e. The lowest BCUT2D eigenvalue weighted by Crippen LogP contribution is -2.32. The fraction of sp³-hybridized carbons (Fsp3) is 0.533. The third kappa shape index (κ3) is 4.17. The lowest BCUT2D eigenvalue weighted by molar-refractivity contribution is -0.384. The van der Waals surface area contributed by atoms with Crippen LogP contribution in [-0.4, -0.2) is 36.6 Å². The zero-order chi connectivity index (χ0) is 15.9. The molecule has 0 radical (unpaired) electrons. The number of anilines is 1. The Labute approximate surface area is 129 Å². The van der Waals surface area contributed by atoms with Crippen LogP contribution in [-0.2, 0) is 4.74 Å². The van der Waals surface area contributed by atoms with Crippen LogP contribution in [0.25, 0.3) is 0 Å². The maximum Gasteiger partial charge on any atom is 0.270 e. The minimum absolute atomic E-state index is 0.0368. The zero-order valence-corrected chi connectivity index (χ0v) is 12.6. The van der Waals surface area contributed by atoms with E-state index >= 15 is 0 Å². The van der Waals surface area contributed by atoms with Crippen molar-refractivity contribution in [3.8, 4) is 0 Å². The van der Waals surface area contributed by atoms with E-state index in [0.29, 0.717) is 24.3 Å². The van der Waals surface area contributed by atoms with Crippen LogP contribution in [0, 0.1) is 10.1 Å². The second-order valence-corrected chi connectivity index (χ2v) is 5.26. The summed E-state index contributed by atoms with van der Waals surface area (Å²) in [4.78, 5) is 22.7. The Kier molecular flexibility index (Phi) is 5.71. The first-order chi connectivity index (χ1) is 10.6. The Bertz CT molecular complexity index is 542. The van der Waals surface area contributed by atoms with Gasteiger partial charge in [0.15, 0.2) is 0 Å². The summed E-state index contributed by atoms with van der Waals surface area (Å²) in [6.45, 7) is 3.86. The summed E-state index contributed by atoms with van der Waals surface area (Å²) >= 11 is 0. The molecule has 1 fully saturated rings. The Morgan fingerprint density at radius 1 is 1.50 bits per heavy atom. The van der Waals surface area contributed by atoms with Gasteiger partial charge >= 0.3 is 0 Å². The van der Waals surface area contributed by atoms with Gasteiger partial charge in [-0.15, -0.1) is 0 Å². The third-order valence-electron chi connectivity index (χ3n) is 3.54. The number of benzene rings is 1. The van der Waals surface area contributed by atoms with Gasteiger partial charge in [0, 0.05) is 37.5 Å². The van der Waals surface area contributed by atoms with Crippen LogP contribution in [0.5, 0.6) is 0 Å². The van der Waals surface area contributed by atoms with Gasteiger partial charge in [-0.2, -0.15) is 0 Å². The van der Waals surface area contributed by atoms with Gasteiger partial charge in [0.1, 0.15) is 0 Å². The number of carbonyl (C=O) groups is 1. The van der Waals surface area contributed by atoms with E-state index in [1.807, 2.05) is 6.92 Å². The van der Waals surface area contributed by atoms with Crippen LogP contribution in [0.15, 0.2) is 18.2 Å². The molecule has 1 aliphatic heterocycles. The number of rotatable bonds is 7. The highest BCUT2D eigenvalue weighted by molar-refractivity contribution is 6.00. The quantitative estimate of drug-likeness (QED) is 0.595. The van der Waals surface area contributed by atoms with Crippen molar-refractivity contribution in [3.63, 3.8) is 0 Å². The van der Waals surface area contributed by atoms with Gasteiger partial charge in [-0.05, 0) is 25.3 Å².